The summed E-state index contributed by atoms with van der Waals surface area (Å²) in [6, 6.07) is 12.6. The lowest BCUT2D eigenvalue weighted by Crippen LogP contribution is -2.05. The molecule has 92 valence electrons. The number of aromatic carboxylic acids is 1. The Morgan fingerprint density at radius 3 is 2.44 bits per heavy atom. The van der Waals surface area contributed by atoms with Crippen molar-refractivity contribution >= 4 is 45.6 Å². The maximum absolute atomic E-state index is 11.0. The predicted octanol–water partition coefficient (Wildman–Crippen LogP) is 3.32. The van der Waals surface area contributed by atoms with Gasteiger partial charge in [0.1, 0.15) is 0 Å². The molecule has 0 saturated heterocycles. The van der Waals surface area contributed by atoms with Crippen LogP contribution in [-0.2, 0) is 0 Å². The van der Waals surface area contributed by atoms with E-state index in [1.54, 1.807) is 12.1 Å². The van der Waals surface area contributed by atoms with Crippen molar-refractivity contribution in [3.8, 4) is 0 Å². The molecule has 0 bridgehead atoms. The quantitative estimate of drug-likeness (QED) is 0.584. The third-order valence-electron chi connectivity index (χ3n) is 2.46. The third kappa shape index (κ3) is 2.73. The second-order valence-corrected chi connectivity index (χ2v) is 4.95. The van der Waals surface area contributed by atoms with Gasteiger partial charge in [0, 0.05) is 9.26 Å². The SMILES string of the molecule is Nc1c(Nc2ccc(I)cc2)cccc1C(=O)O. The van der Waals surface area contributed by atoms with Crippen LogP contribution in [-0.4, -0.2) is 11.1 Å². The first-order valence-electron chi connectivity index (χ1n) is 5.22. The first-order chi connectivity index (χ1) is 8.58. The topological polar surface area (TPSA) is 75.3 Å². The van der Waals surface area contributed by atoms with Gasteiger partial charge in [-0.3, -0.25) is 0 Å². The molecule has 0 aliphatic rings. The van der Waals surface area contributed by atoms with Gasteiger partial charge in [0.05, 0.1) is 16.9 Å². The van der Waals surface area contributed by atoms with Gasteiger partial charge in [-0.1, -0.05) is 6.07 Å². The van der Waals surface area contributed by atoms with E-state index in [1.165, 1.54) is 6.07 Å². The van der Waals surface area contributed by atoms with E-state index >= 15 is 0 Å². The van der Waals surface area contributed by atoms with Gasteiger partial charge in [-0.05, 0) is 59.0 Å². The number of nitrogens with one attached hydrogen (secondary N) is 1. The van der Waals surface area contributed by atoms with E-state index in [4.69, 9.17) is 10.8 Å². The summed E-state index contributed by atoms with van der Waals surface area (Å²) in [6.07, 6.45) is 0. The van der Waals surface area contributed by atoms with Crippen molar-refractivity contribution in [2.75, 3.05) is 11.1 Å². The summed E-state index contributed by atoms with van der Waals surface area (Å²) in [7, 11) is 0. The summed E-state index contributed by atoms with van der Waals surface area (Å²) in [4.78, 5) is 11.0. The number of nitrogens with two attached hydrogens (primary N) is 1. The smallest absolute Gasteiger partial charge is 0.337 e. The number of rotatable bonds is 3. The van der Waals surface area contributed by atoms with E-state index in [1.807, 2.05) is 24.3 Å². The van der Waals surface area contributed by atoms with E-state index in [0.717, 1.165) is 9.26 Å². The number of hydrogen-bond donors (Lipinski definition) is 3. The summed E-state index contributed by atoms with van der Waals surface area (Å²) in [5, 5.41) is 12.1. The summed E-state index contributed by atoms with van der Waals surface area (Å²) in [5.74, 6) is -1.03. The Hall–Kier alpha value is -1.76. The summed E-state index contributed by atoms with van der Waals surface area (Å²) in [6.45, 7) is 0. The molecule has 0 unspecified atom stereocenters. The van der Waals surface area contributed by atoms with Crippen LogP contribution in [0.4, 0.5) is 17.1 Å². The molecule has 2 aromatic rings. The Bertz CT molecular complexity index is 582. The van der Waals surface area contributed by atoms with Crippen LogP contribution in [0.15, 0.2) is 42.5 Å². The fraction of sp³-hybridized carbons (Fsp3) is 0. The largest absolute Gasteiger partial charge is 0.478 e. The Kier molecular flexibility index (Phi) is 3.71. The highest BCUT2D eigenvalue weighted by molar-refractivity contribution is 14.1. The van der Waals surface area contributed by atoms with Crippen molar-refractivity contribution in [1.29, 1.82) is 0 Å². The zero-order valence-corrected chi connectivity index (χ0v) is 11.5. The van der Waals surface area contributed by atoms with Gasteiger partial charge in [-0.2, -0.15) is 0 Å². The highest BCUT2D eigenvalue weighted by Gasteiger charge is 2.10. The normalized spacial score (nSPS) is 10.1. The maximum Gasteiger partial charge on any atom is 0.337 e. The molecule has 0 saturated carbocycles. The zero-order chi connectivity index (χ0) is 13.1. The van der Waals surface area contributed by atoms with Crippen molar-refractivity contribution in [3.05, 3.63) is 51.6 Å². The van der Waals surface area contributed by atoms with Gasteiger partial charge in [0.15, 0.2) is 0 Å². The molecule has 2 rings (SSSR count). The van der Waals surface area contributed by atoms with E-state index in [2.05, 4.69) is 27.9 Å². The monoisotopic (exact) mass is 354 g/mol. The zero-order valence-electron chi connectivity index (χ0n) is 9.35. The molecule has 0 spiro atoms. The number of hydrogen-bond acceptors (Lipinski definition) is 3. The number of carbonyl (C=O) groups is 1. The molecule has 0 aromatic heterocycles. The molecule has 4 nitrogen and oxygen atoms in total. The second kappa shape index (κ2) is 5.26. The van der Waals surface area contributed by atoms with Crippen molar-refractivity contribution in [2.45, 2.75) is 0 Å². The number of para-hydroxylation sites is 1. The summed E-state index contributed by atoms with van der Waals surface area (Å²) in [5.41, 5.74) is 7.62. The molecule has 0 amide bonds. The first kappa shape index (κ1) is 12.7. The molecule has 2 aromatic carbocycles. The average Bonchev–Trinajstić information content (AvgIpc) is 2.34. The first-order valence-corrected chi connectivity index (χ1v) is 6.30. The maximum atomic E-state index is 11.0. The lowest BCUT2D eigenvalue weighted by molar-refractivity contribution is 0.0698. The van der Waals surface area contributed by atoms with Gasteiger partial charge in [0.25, 0.3) is 0 Å². The van der Waals surface area contributed by atoms with Gasteiger partial charge in [0.2, 0.25) is 0 Å². The van der Waals surface area contributed by atoms with Crippen LogP contribution in [0.2, 0.25) is 0 Å². The van der Waals surface area contributed by atoms with Gasteiger partial charge in [-0.25, -0.2) is 4.79 Å². The second-order valence-electron chi connectivity index (χ2n) is 3.70. The average molecular weight is 354 g/mol. The number of halogens is 1. The number of carboxylic acids is 1. The number of anilines is 3. The molecule has 0 aliphatic carbocycles. The highest BCUT2D eigenvalue weighted by Crippen LogP contribution is 2.26. The van der Waals surface area contributed by atoms with E-state index in [9.17, 15) is 4.79 Å². The van der Waals surface area contributed by atoms with E-state index < -0.39 is 5.97 Å². The van der Waals surface area contributed by atoms with Crippen molar-refractivity contribution in [1.82, 2.24) is 0 Å². The predicted molar refractivity (Wildman–Crippen MR) is 80.3 cm³/mol. The van der Waals surface area contributed by atoms with Crippen molar-refractivity contribution in [3.63, 3.8) is 0 Å². The molecule has 4 N–H and O–H groups in total. The molecule has 0 radical (unpaired) electrons. The number of benzene rings is 2. The fourth-order valence-corrected chi connectivity index (χ4v) is 1.91. The van der Waals surface area contributed by atoms with Crippen LogP contribution >= 0.6 is 22.6 Å². The Labute approximate surface area is 118 Å². The highest BCUT2D eigenvalue weighted by atomic mass is 127. The van der Waals surface area contributed by atoms with Crippen LogP contribution in [0.1, 0.15) is 10.4 Å². The molecular weight excluding hydrogens is 343 g/mol. The van der Waals surface area contributed by atoms with Crippen LogP contribution in [0, 0.1) is 3.57 Å². The molecule has 0 fully saturated rings. The Morgan fingerprint density at radius 2 is 1.83 bits per heavy atom. The van der Waals surface area contributed by atoms with Crippen molar-refractivity contribution < 1.29 is 9.90 Å². The lowest BCUT2D eigenvalue weighted by atomic mass is 10.1. The summed E-state index contributed by atoms with van der Waals surface area (Å²) >= 11 is 2.22. The van der Waals surface area contributed by atoms with E-state index in [0.29, 0.717) is 5.69 Å². The minimum Gasteiger partial charge on any atom is -0.478 e. The Morgan fingerprint density at radius 1 is 1.17 bits per heavy atom. The van der Waals surface area contributed by atoms with Gasteiger partial charge in [-0.15, -0.1) is 0 Å². The molecule has 0 atom stereocenters. The minimum absolute atomic E-state index is 0.102. The van der Waals surface area contributed by atoms with Crippen molar-refractivity contribution in [2.24, 2.45) is 0 Å². The van der Waals surface area contributed by atoms with E-state index in [-0.39, 0.29) is 11.3 Å². The van der Waals surface area contributed by atoms with Crippen LogP contribution in [0.25, 0.3) is 0 Å². The number of carboxylic acid groups (broad SMARTS) is 1. The third-order valence-corrected chi connectivity index (χ3v) is 3.18. The van der Waals surface area contributed by atoms with Gasteiger partial charge >= 0.3 is 5.97 Å². The fourth-order valence-electron chi connectivity index (χ4n) is 1.55. The lowest BCUT2D eigenvalue weighted by Gasteiger charge is -2.11. The molecule has 0 heterocycles. The number of nitrogen functional groups attached to an aromatic ring is 1. The summed E-state index contributed by atoms with van der Waals surface area (Å²) < 4.78 is 1.13. The molecule has 0 aliphatic heterocycles. The van der Waals surface area contributed by atoms with Crippen LogP contribution in [0.3, 0.4) is 0 Å². The molecular formula is C13H11IN2O2. The van der Waals surface area contributed by atoms with Gasteiger partial charge < -0.3 is 16.2 Å². The molecule has 5 heteroatoms. The standard InChI is InChI=1S/C13H11IN2O2/c14-8-4-6-9(7-5-8)16-11-3-1-2-10(12(11)15)13(17)18/h1-7,16H,15H2,(H,17,18). The minimum atomic E-state index is -1.03. The Balaban J connectivity index is 2.32. The molecule has 18 heavy (non-hydrogen) atoms. The van der Waals surface area contributed by atoms with Crippen LogP contribution in [0.5, 0.6) is 0 Å². The van der Waals surface area contributed by atoms with Crippen LogP contribution < -0.4 is 11.1 Å².